The molecule has 0 aromatic carbocycles. The molecule has 0 aromatic heterocycles. The monoisotopic (exact) mass is 138 g/mol. The van der Waals surface area contributed by atoms with Gasteiger partial charge in [0.05, 0.1) is 6.21 Å². The highest BCUT2D eigenvalue weighted by atomic mass is 16.1. The maximum Gasteiger partial charge on any atom is 0.150 e. The Bertz CT molecular complexity index is 182. The van der Waals surface area contributed by atoms with Crippen molar-refractivity contribution in [2.45, 2.75) is 0 Å². The molecule has 0 rings (SSSR count). The van der Waals surface area contributed by atoms with E-state index in [1.165, 1.54) is 6.21 Å². The van der Waals surface area contributed by atoms with Gasteiger partial charge in [0.1, 0.15) is 6.29 Å². The molecule has 0 fully saturated rings. The topological polar surface area (TPSA) is 41.5 Å². The van der Waals surface area contributed by atoms with Crippen molar-refractivity contribution in [3.05, 3.63) is 24.3 Å². The molecule has 0 saturated carbocycles. The SMILES string of the molecule is C=C(C=O)C(=C)/C=N\NC. The van der Waals surface area contributed by atoms with E-state index in [-0.39, 0.29) is 0 Å². The summed E-state index contributed by atoms with van der Waals surface area (Å²) in [5.74, 6) is 0. The fraction of sp³-hybridized carbons (Fsp3) is 0.143. The highest BCUT2D eigenvalue weighted by Gasteiger charge is 1.91. The zero-order valence-electron chi connectivity index (χ0n) is 5.92. The molecule has 0 atom stereocenters. The molecule has 0 aliphatic carbocycles. The molecule has 0 radical (unpaired) electrons. The maximum absolute atomic E-state index is 10.1. The van der Waals surface area contributed by atoms with Crippen LogP contribution in [0.4, 0.5) is 0 Å². The summed E-state index contributed by atoms with van der Waals surface area (Å²) in [5, 5.41) is 3.65. The largest absolute Gasteiger partial charge is 0.313 e. The maximum atomic E-state index is 10.1. The Morgan fingerprint density at radius 3 is 2.50 bits per heavy atom. The molecule has 10 heavy (non-hydrogen) atoms. The van der Waals surface area contributed by atoms with E-state index in [0.717, 1.165) is 0 Å². The lowest BCUT2D eigenvalue weighted by Gasteiger charge is -1.92. The summed E-state index contributed by atoms with van der Waals surface area (Å²) in [6, 6.07) is 0. The third-order valence-electron chi connectivity index (χ3n) is 0.904. The van der Waals surface area contributed by atoms with Gasteiger partial charge in [-0.25, -0.2) is 0 Å². The fourth-order valence-electron chi connectivity index (χ4n) is 0.301. The number of rotatable bonds is 4. The van der Waals surface area contributed by atoms with Gasteiger partial charge in [0.2, 0.25) is 0 Å². The highest BCUT2D eigenvalue weighted by molar-refractivity contribution is 5.95. The van der Waals surface area contributed by atoms with E-state index >= 15 is 0 Å². The van der Waals surface area contributed by atoms with Crippen molar-refractivity contribution in [1.29, 1.82) is 0 Å². The smallest absolute Gasteiger partial charge is 0.150 e. The molecular weight excluding hydrogens is 128 g/mol. The minimum absolute atomic E-state index is 0.346. The first-order valence-corrected chi connectivity index (χ1v) is 2.75. The molecule has 0 amide bonds. The van der Waals surface area contributed by atoms with Crippen LogP contribution in [-0.2, 0) is 4.79 Å². The predicted molar refractivity (Wildman–Crippen MR) is 41.9 cm³/mol. The second-order valence-corrected chi connectivity index (χ2v) is 1.65. The van der Waals surface area contributed by atoms with Crippen LogP contribution in [0.1, 0.15) is 0 Å². The molecule has 0 aliphatic rings. The van der Waals surface area contributed by atoms with Gasteiger partial charge in [-0.2, -0.15) is 5.10 Å². The lowest BCUT2D eigenvalue weighted by atomic mass is 10.2. The lowest BCUT2D eigenvalue weighted by Crippen LogP contribution is -1.96. The Balaban J connectivity index is 3.97. The van der Waals surface area contributed by atoms with Gasteiger partial charge in [0, 0.05) is 12.6 Å². The molecule has 54 valence electrons. The molecule has 0 heterocycles. The average molecular weight is 138 g/mol. The number of nitrogens with zero attached hydrogens (tertiary/aromatic N) is 1. The van der Waals surface area contributed by atoms with Gasteiger partial charge < -0.3 is 5.43 Å². The Morgan fingerprint density at radius 1 is 1.50 bits per heavy atom. The second-order valence-electron chi connectivity index (χ2n) is 1.65. The van der Waals surface area contributed by atoms with Crippen molar-refractivity contribution < 1.29 is 4.79 Å². The third kappa shape index (κ3) is 2.81. The summed E-state index contributed by atoms with van der Waals surface area (Å²) in [6.45, 7) is 6.98. The molecule has 0 spiro atoms. The van der Waals surface area contributed by atoms with Crippen LogP contribution < -0.4 is 5.43 Å². The van der Waals surface area contributed by atoms with Crippen LogP contribution in [0.2, 0.25) is 0 Å². The average Bonchev–Trinajstić information content (AvgIpc) is 1.98. The van der Waals surface area contributed by atoms with E-state index in [9.17, 15) is 4.79 Å². The van der Waals surface area contributed by atoms with Crippen LogP contribution in [0.3, 0.4) is 0 Å². The molecule has 0 bridgehead atoms. The summed E-state index contributed by atoms with van der Waals surface area (Å²) >= 11 is 0. The standard InChI is InChI=1S/C7H10N2O/c1-6(4-9-8-3)7(2)5-10/h4-5,8H,1-2H2,3H3/b9-4-. The van der Waals surface area contributed by atoms with Gasteiger partial charge in [-0.05, 0) is 5.57 Å². The Morgan fingerprint density at radius 2 is 2.10 bits per heavy atom. The minimum Gasteiger partial charge on any atom is -0.313 e. The first-order valence-electron chi connectivity index (χ1n) is 2.75. The zero-order valence-corrected chi connectivity index (χ0v) is 5.92. The van der Waals surface area contributed by atoms with E-state index in [1.807, 2.05) is 0 Å². The second kappa shape index (κ2) is 4.49. The molecule has 0 unspecified atom stereocenters. The number of carbonyl (C=O) groups excluding carboxylic acids is 1. The van der Waals surface area contributed by atoms with Crippen molar-refractivity contribution in [2.24, 2.45) is 5.10 Å². The number of nitrogens with one attached hydrogen (secondary N) is 1. The fourth-order valence-corrected chi connectivity index (χ4v) is 0.301. The van der Waals surface area contributed by atoms with Crippen molar-refractivity contribution in [2.75, 3.05) is 7.05 Å². The van der Waals surface area contributed by atoms with Crippen molar-refractivity contribution in [3.8, 4) is 0 Å². The highest BCUT2D eigenvalue weighted by Crippen LogP contribution is 1.96. The van der Waals surface area contributed by atoms with Gasteiger partial charge in [0.15, 0.2) is 0 Å². The summed E-state index contributed by atoms with van der Waals surface area (Å²) < 4.78 is 0. The number of hydrogen-bond acceptors (Lipinski definition) is 3. The molecular formula is C7H10N2O. The van der Waals surface area contributed by atoms with E-state index in [0.29, 0.717) is 17.4 Å². The molecule has 3 nitrogen and oxygen atoms in total. The van der Waals surface area contributed by atoms with Crippen LogP contribution in [0.25, 0.3) is 0 Å². The van der Waals surface area contributed by atoms with Gasteiger partial charge in [0.25, 0.3) is 0 Å². The summed E-state index contributed by atoms with van der Waals surface area (Å²) in [5.41, 5.74) is 3.39. The van der Waals surface area contributed by atoms with Crippen LogP contribution in [0.15, 0.2) is 29.4 Å². The Kier molecular flexibility index (Phi) is 3.87. The number of carbonyl (C=O) groups is 1. The quantitative estimate of drug-likeness (QED) is 0.202. The zero-order chi connectivity index (χ0) is 7.98. The van der Waals surface area contributed by atoms with E-state index < -0.39 is 0 Å². The third-order valence-corrected chi connectivity index (χ3v) is 0.904. The summed E-state index contributed by atoms with van der Waals surface area (Å²) in [4.78, 5) is 10.1. The normalized spacial score (nSPS) is 9.30. The molecule has 0 aliphatic heterocycles. The number of aldehydes is 1. The number of allylic oxidation sites excluding steroid dienone is 2. The van der Waals surface area contributed by atoms with E-state index in [2.05, 4.69) is 23.7 Å². The summed E-state index contributed by atoms with van der Waals surface area (Å²) in [7, 11) is 1.66. The van der Waals surface area contributed by atoms with Crippen LogP contribution in [-0.4, -0.2) is 19.5 Å². The van der Waals surface area contributed by atoms with Crippen LogP contribution in [0, 0.1) is 0 Å². The van der Waals surface area contributed by atoms with Crippen molar-refractivity contribution in [3.63, 3.8) is 0 Å². The van der Waals surface area contributed by atoms with Crippen LogP contribution in [0.5, 0.6) is 0 Å². The van der Waals surface area contributed by atoms with E-state index in [4.69, 9.17) is 0 Å². The Hall–Kier alpha value is -1.38. The molecule has 0 aromatic rings. The predicted octanol–water partition coefficient (Wildman–Crippen LogP) is 0.503. The van der Waals surface area contributed by atoms with Gasteiger partial charge in [-0.15, -0.1) is 0 Å². The lowest BCUT2D eigenvalue weighted by molar-refractivity contribution is -0.104. The number of hydrogen-bond donors (Lipinski definition) is 1. The minimum atomic E-state index is 0.346. The van der Waals surface area contributed by atoms with E-state index in [1.54, 1.807) is 7.05 Å². The van der Waals surface area contributed by atoms with Gasteiger partial charge in [-0.1, -0.05) is 13.2 Å². The van der Waals surface area contributed by atoms with Gasteiger partial charge >= 0.3 is 0 Å². The first-order chi connectivity index (χ1) is 4.72. The molecule has 3 heteroatoms. The van der Waals surface area contributed by atoms with Crippen LogP contribution >= 0.6 is 0 Å². The summed E-state index contributed by atoms with van der Waals surface area (Å²) in [6.07, 6.45) is 2.08. The molecule has 0 saturated heterocycles. The molecule has 1 N–H and O–H groups in total. The first kappa shape index (κ1) is 8.62. The van der Waals surface area contributed by atoms with Gasteiger partial charge in [-0.3, -0.25) is 4.79 Å². The van der Waals surface area contributed by atoms with Crippen molar-refractivity contribution >= 4 is 12.5 Å². The number of hydrazone groups is 1. The van der Waals surface area contributed by atoms with Crippen molar-refractivity contribution in [1.82, 2.24) is 5.43 Å². The Labute approximate surface area is 60.1 Å².